The normalized spacial score (nSPS) is 10.9. The minimum Gasteiger partial charge on any atom is -0.329 e. The number of nitrogens with zero attached hydrogens (tertiary/aromatic N) is 4. The summed E-state index contributed by atoms with van der Waals surface area (Å²) in [4.78, 5) is 19.6. The van der Waals surface area contributed by atoms with Gasteiger partial charge < -0.3 is 9.80 Å². The quantitative estimate of drug-likeness (QED) is 0.563. The van der Waals surface area contributed by atoms with E-state index in [1.54, 1.807) is 18.0 Å². The molecule has 3 aromatic rings. The molecule has 0 aliphatic carbocycles. The maximum absolute atomic E-state index is 13.1. The van der Waals surface area contributed by atoms with Gasteiger partial charge in [0.2, 0.25) is 0 Å². The van der Waals surface area contributed by atoms with Crippen LogP contribution in [0.4, 0.5) is 24.7 Å². The summed E-state index contributed by atoms with van der Waals surface area (Å²) in [6.45, 7) is -1.63. The Morgan fingerprint density at radius 2 is 1.71 bits per heavy atom. The SMILES string of the molecule is CN(c1ccccc1)c1ccc(C(=O)N(Cc2ccc(C#N)cc2)CC(F)(F)F)cn1. The summed E-state index contributed by atoms with van der Waals surface area (Å²) < 4.78 is 39.3. The molecule has 0 bridgehead atoms. The van der Waals surface area contributed by atoms with E-state index in [1.165, 1.54) is 36.5 Å². The van der Waals surface area contributed by atoms with Crippen LogP contribution >= 0.6 is 0 Å². The fourth-order valence-corrected chi connectivity index (χ4v) is 3.00. The summed E-state index contributed by atoms with van der Waals surface area (Å²) in [6.07, 6.45) is -3.28. The van der Waals surface area contributed by atoms with Crippen molar-refractivity contribution in [1.82, 2.24) is 9.88 Å². The second-order valence-corrected chi connectivity index (χ2v) is 6.88. The van der Waals surface area contributed by atoms with E-state index in [1.807, 2.05) is 36.4 Å². The lowest BCUT2D eigenvalue weighted by Gasteiger charge is -2.24. The average molecular weight is 424 g/mol. The summed E-state index contributed by atoms with van der Waals surface area (Å²) in [5, 5.41) is 8.86. The molecular formula is C23H19F3N4O. The minimum absolute atomic E-state index is 0.0584. The highest BCUT2D eigenvalue weighted by Crippen LogP contribution is 2.23. The van der Waals surface area contributed by atoms with Gasteiger partial charge in [-0.2, -0.15) is 18.4 Å². The number of benzene rings is 2. The zero-order valence-corrected chi connectivity index (χ0v) is 16.7. The molecule has 158 valence electrons. The number of nitriles is 1. The predicted molar refractivity (Wildman–Crippen MR) is 111 cm³/mol. The number of anilines is 2. The number of pyridine rings is 1. The molecule has 0 atom stereocenters. The highest BCUT2D eigenvalue weighted by Gasteiger charge is 2.33. The van der Waals surface area contributed by atoms with E-state index in [4.69, 9.17) is 5.26 Å². The first-order valence-electron chi connectivity index (χ1n) is 9.37. The number of carbonyl (C=O) groups excluding carboxylic acids is 1. The molecule has 0 radical (unpaired) electrons. The van der Waals surface area contributed by atoms with E-state index in [-0.39, 0.29) is 12.1 Å². The molecule has 1 heterocycles. The molecule has 3 rings (SSSR count). The van der Waals surface area contributed by atoms with Crippen LogP contribution < -0.4 is 4.90 Å². The molecule has 0 aliphatic rings. The zero-order valence-electron chi connectivity index (χ0n) is 16.7. The number of alkyl halides is 3. The van der Waals surface area contributed by atoms with Crippen molar-refractivity contribution in [2.45, 2.75) is 12.7 Å². The van der Waals surface area contributed by atoms with Gasteiger partial charge in [0.1, 0.15) is 12.4 Å². The smallest absolute Gasteiger partial charge is 0.329 e. The van der Waals surface area contributed by atoms with Gasteiger partial charge in [-0.3, -0.25) is 4.79 Å². The van der Waals surface area contributed by atoms with Gasteiger partial charge in [0.05, 0.1) is 17.2 Å². The second kappa shape index (κ2) is 9.30. The number of carbonyl (C=O) groups is 1. The Balaban J connectivity index is 1.80. The molecular weight excluding hydrogens is 405 g/mol. The highest BCUT2D eigenvalue weighted by atomic mass is 19.4. The van der Waals surface area contributed by atoms with Crippen LogP contribution in [0.1, 0.15) is 21.5 Å². The van der Waals surface area contributed by atoms with Gasteiger partial charge in [-0.15, -0.1) is 0 Å². The van der Waals surface area contributed by atoms with Gasteiger partial charge in [0.25, 0.3) is 5.91 Å². The Morgan fingerprint density at radius 1 is 1.03 bits per heavy atom. The first-order valence-corrected chi connectivity index (χ1v) is 9.37. The fraction of sp³-hybridized carbons (Fsp3) is 0.174. The molecule has 0 spiro atoms. The van der Waals surface area contributed by atoms with E-state index in [0.29, 0.717) is 16.9 Å². The van der Waals surface area contributed by atoms with Crippen molar-refractivity contribution in [2.75, 3.05) is 18.5 Å². The molecule has 0 N–H and O–H groups in total. The van der Waals surface area contributed by atoms with Gasteiger partial charge in [0, 0.05) is 25.5 Å². The van der Waals surface area contributed by atoms with E-state index in [0.717, 1.165) is 10.6 Å². The zero-order chi connectivity index (χ0) is 22.4. The lowest BCUT2D eigenvalue weighted by atomic mass is 10.1. The lowest BCUT2D eigenvalue weighted by molar-refractivity contribution is -0.141. The van der Waals surface area contributed by atoms with Gasteiger partial charge in [-0.1, -0.05) is 30.3 Å². The third-order valence-electron chi connectivity index (χ3n) is 4.60. The Bertz CT molecular complexity index is 1060. The predicted octanol–water partition coefficient (Wildman–Crippen LogP) is 4.93. The Labute approximate surface area is 178 Å². The Morgan fingerprint density at radius 3 is 2.26 bits per heavy atom. The van der Waals surface area contributed by atoms with Crippen LogP contribution in [0.25, 0.3) is 0 Å². The van der Waals surface area contributed by atoms with Crippen molar-refractivity contribution in [3.8, 4) is 6.07 Å². The van der Waals surface area contributed by atoms with Crippen molar-refractivity contribution in [3.63, 3.8) is 0 Å². The van der Waals surface area contributed by atoms with Crippen LogP contribution in [0.15, 0.2) is 72.9 Å². The molecule has 31 heavy (non-hydrogen) atoms. The summed E-state index contributed by atoms with van der Waals surface area (Å²) in [5.41, 5.74) is 1.82. The maximum Gasteiger partial charge on any atom is 0.406 e. The second-order valence-electron chi connectivity index (χ2n) is 6.88. The Hall–Kier alpha value is -3.86. The van der Waals surface area contributed by atoms with Gasteiger partial charge in [-0.25, -0.2) is 4.98 Å². The monoisotopic (exact) mass is 424 g/mol. The number of rotatable bonds is 6. The third kappa shape index (κ3) is 5.82. The number of para-hydroxylation sites is 1. The van der Waals surface area contributed by atoms with Crippen molar-refractivity contribution < 1.29 is 18.0 Å². The number of amides is 1. The van der Waals surface area contributed by atoms with Crippen molar-refractivity contribution in [3.05, 3.63) is 89.6 Å². The first kappa shape index (κ1) is 21.8. The lowest BCUT2D eigenvalue weighted by Crippen LogP contribution is -2.38. The molecule has 0 saturated carbocycles. The summed E-state index contributed by atoms with van der Waals surface area (Å²) in [6, 6.07) is 20.5. The van der Waals surface area contributed by atoms with Crippen LogP contribution in [0.5, 0.6) is 0 Å². The Kier molecular flexibility index (Phi) is 6.55. The minimum atomic E-state index is -4.55. The van der Waals surface area contributed by atoms with Crippen molar-refractivity contribution in [1.29, 1.82) is 5.26 Å². The molecule has 8 heteroatoms. The molecule has 2 aromatic carbocycles. The summed E-state index contributed by atoms with van der Waals surface area (Å²) in [7, 11) is 1.81. The van der Waals surface area contributed by atoms with Crippen LogP contribution in [-0.2, 0) is 6.54 Å². The van der Waals surface area contributed by atoms with Crippen LogP contribution in [0.2, 0.25) is 0 Å². The molecule has 5 nitrogen and oxygen atoms in total. The van der Waals surface area contributed by atoms with E-state index < -0.39 is 18.6 Å². The van der Waals surface area contributed by atoms with Crippen LogP contribution in [0, 0.1) is 11.3 Å². The first-order chi connectivity index (χ1) is 14.8. The van der Waals surface area contributed by atoms with Gasteiger partial charge >= 0.3 is 6.18 Å². The molecule has 1 amide bonds. The van der Waals surface area contributed by atoms with E-state index in [9.17, 15) is 18.0 Å². The number of aromatic nitrogens is 1. The highest BCUT2D eigenvalue weighted by molar-refractivity contribution is 5.94. The molecule has 0 saturated heterocycles. The summed E-state index contributed by atoms with van der Waals surface area (Å²) >= 11 is 0. The summed E-state index contributed by atoms with van der Waals surface area (Å²) in [5.74, 6) is -0.222. The molecule has 0 fully saturated rings. The number of halogens is 3. The van der Waals surface area contributed by atoms with Crippen LogP contribution in [0.3, 0.4) is 0 Å². The number of hydrogen-bond donors (Lipinski definition) is 0. The van der Waals surface area contributed by atoms with Crippen molar-refractivity contribution in [2.24, 2.45) is 0 Å². The molecule has 0 aliphatic heterocycles. The van der Waals surface area contributed by atoms with Crippen molar-refractivity contribution >= 4 is 17.4 Å². The average Bonchev–Trinajstić information content (AvgIpc) is 2.78. The standard InChI is InChI=1S/C23H19F3N4O/c1-29(20-5-3-2-4-6-20)21-12-11-19(14-28-21)22(31)30(16-23(24,25)26)15-18-9-7-17(13-27)8-10-18/h2-12,14H,15-16H2,1H3. The molecule has 0 unspecified atom stereocenters. The van der Waals surface area contributed by atoms with E-state index in [2.05, 4.69) is 4.98 Å². The van der Waals surface area contributed by atoms with E-state index >= 15 is 0 Å². The van der Waals surface area contributed by atoms with Crippen LogP contribution in [-0.4, -0.2) is 35.6 Å². The number of hydrogen-bond acceptors (Lipinski definition) is 4. The topological polar surface area (TPSA) is 60.2 Å². The fourth-order valence-electron chi connectivity index (χ4n) is 3.00. The van der Waals surface area contributed by atoms with Gasteiger partial charge in [-0.05, 0) is 42.0 Å². The van der Waals surface area contributed by atoms with Gasteiger partial charge in [0.15, 0.2) is 0 Å². The largest absolute Gasteiger partial charge is 0.406 e. The molecule has 1 aromatic heterocycles. The third-order valence-corrected chi connectivity index (χ3v) is 4.60. The maximum atomic E-state index is 13.1.